The summed E-state index contributed by atoms with van der Waals surface area (Å²) in [5, 5.41) is 23.3. The van der Waals surface area contributed by atoms with Gasteiger partial charge in [-0.3, -0.25) is 0 Å². The molecule has 0 saturated heterocycles. The van der Waals surface area contributed by atoms with Gasteiger partial charge in [0, 0.05) is 40.7 Å². The fourth-order valence-electron chi connectivity index (χ4n) is 1.48. The summed E-state index contributed by atoms with van der Waals surface area (Å²) in [6, 6.07) is 5.01. The van der Waals surface area contributed by atoms with Crippen LogP contribution in [0.4, 0.5) is 0 Å². The molecule has 5 heteroatoms. The zero-order chi connectivity index (χ0) is 13.8. The van der Waals surface area contributed by atoms with E-state index >= 15 is 0 Å². The van der Waals surface area contributed by atoms with Gasteiger partial charge in [-0.05, 0) is 18.2 Å². The van der Waals surface area contributed by atoms with E-state index in [0.717, 1.165) is 0 Å². The minimum Gasteiger partial charge on any atom is -0.396 e. The summed E-state index contributed by atoms with van der Waals surface area (Å²) >= 11 is 11.9. The van der Waals surface area contributed by atoms with Crippen molar-refractivity contribution in [2.45, 2.75) is 20.0 Å². The quantitative estimate of drug-likeness (QED) is 0.755. The lowest BCUT2D eigenvalue weighted by Crippen LogP contribution is -2.34. The first-order valence-electron chi connectivity index (χ1n) is 5.80. The topological polar surface area (TPSA) is 52.5 Å². The molecule has 1 aromatic rings. The van der Waals surface area contributed by atoms with Crippen LogP contribution in [0.15, 0.2) is 18.2 Å². The molecule has 0 aromatic heterocycles. The molecular formula is C13H19Cl2NO2. The molecule has 0 aliphatic heterocycles. The molecule has 0 amide bonds. The summed E-state index contributed by atoms with van der Waals surface area (Å²) in [5.74, 6) is 0. The molecule has 1 rings (SSSR count). The minimum absolute atomic E-state index is 0.0913. The zero-order valence-corrected chi connectivity index (χ0v) is 12.1. The molecule has 1 atom stereocenters. The summed E-state index contributed by atoms with van der Waals surface area (Å²) in [6.45, 7) is 4.95. The van der Waals surface area contributed by atoms with E-state index in [1.54, 1.807) is 18.2 Å². The van der Waals surface area contributed by atoms with Gasteiger partial charge in [0.05, 0.1) is 6.10 Å². The molecule has 0 aliphatic carbocycles. The Hall–Kier alpha value is -0.320. The largest absolute Gasteiger partial charge is 0.396 e. The standard InChI is InChI=1S/C13H19Cl2NO2/c1-13(2,8-17)7-16-6-12(18)10-5-9(14)3-4-11(10)15/h3-5,12,16-18H,6-8H2,1-2H3. The molecule has 18 heavy (non-hydrogen) atoms. The van der Waals surface area contributed by atoms with Crippen LogP contribution in [0.3, 0.4) is 0 Å². The fraction of sp³-hybridized carbons (Fsp3) is 0.538. The third kappa shape index (κ3) is 4.75. The van der Waals surface area contributed by atoms with Crippen LogP contribution in [0.25, 0.3) is 0 Å². The Morgan fingerprint density at radius 2 is 2.00 bits per heavy atom. The number of nitrogens with one attached hydrogen (secondary N) is 1. The Labute approximate surface area is 118 Å². The van der Waals surface area contributed by atoms with Gasteiger partial charge in [0.15, 0.2) is 0 Å². The number of benzene rings is 1. The molecule has 0 aliphatic rings. The van der Waals surface area contributed by atoms with Crippen molar-refractivity contribution < 1.29 is 10.2 Å². The number of aliphatic hydroxyl groups excluding tert-OH is 2. The van der Waals surface area contributed by atoms with Crippen molar-refractivity contribution in [3.8, 4) is 0 Å². The van der Waals surface area contributed by atoms with Crippen LogP contribution in [0, 0.1) is 5.41 Å². The van der Waals surface area contributed by atoms with Crippen LogP contribution in [0.1, 0.15) is 25.5 Å². The second-order valence-electron chi connectivity index (χ2n) is 5.13. The van der Waals surface area contributed by atoms with E-state index in [4.69, 9.17) is 28.3 Å². The Kier molecular flexibility index (Phi) is 5.89. The van der Waals surface area contributed by atoms with Gasteiger partial charge in [0.25, 0.3) is 0 Å². The zero-order valence-electron chi connectivity index (χ0n) is 10.6. The highest BCUT2D eigenvalue weighted by Gasteiger charge is 2.17. The van der Waals surface area contributed by atoms with Crippen LogP contribution in [0.2, 0.25) is 10.0 Å². The third-order valence-corrected chi connectivity index (χ3v) is 3.27. The van der Waals surface area contributed by atoms with E-state index in [-0.39, 0.29) is 12.0 Å². The molecule has 102 valence electrons. The number of halogens is 2. The van der Waals surface area contributed by atoms with Crippen molar-refractivity contribution in [2.24, 2.45) is 5.41 Å². The lowest BCUT2D eigenvalue weighted by atomic mass is 9.95. The van der Waals surface area contributed by atoms with Gasteiger partial charge in [0.1, 0.15) is 0 Å². The maximum absolute atomic E-state index is 10.0. The number of hydrogen-bond acceptors (Lipinski definition) is 3. The number of hydrogen-bond donors (Lipinski definition) is 3. The van der Waals surface area contributed by atoms with Gasteiger partial charge in [-0.25, -0.2) is 0 Å². The van der Waals surface area contributed by atoms with Crippen molar-refractivity contribution in [3.63, 3.8) is 0 Å². The second-order valence-corrected chi connectivity index (χ2v) is 5.98. The molecule has 1 unspecified atom stereocenters. The average Bonchev–Trinajstić information content (AvgIpc) is 2.32. The number of rotatable bonds is 6. The molecule has 0 saturated carbocycles. The molecule has 3 N–H and O–H groups in total. The molecule has 0 fully saturated rings. The summed E-state index contributed by atoms with van der Waals surface area (Å²) < 4.78 is 0. The van der Waals surface area contributed by atoms with E-state index in [9.17, 15) is 5.11 Å². The summed E-state index contributed by atoms with van der Waals surface area (Å²) in [6.07, 6.45) is -0.717. The molecule has 0 radical (unpaired) electrons. The summed E-state index contributed by atoms with van der Waals surface area (Å²) in [5.41, 5.74) is 0.399. The first-order valence-corrected chi connectivity index (χ1v) is 6.56. The van der Waals surface area contributed by atoms with Crippen LogP contribution >= 0.6 is 23.2 Å². The van der Waals surface area contributed by atoms with Gasteiger partial charge >= 0.3 is 0 Å². The van der Waals surface area contributed by atoms with Crippen molar-refractivity contribution in [1.82, 2.24) is 5.32 Å². The summed E-state index contributed by atoms with van der Waals surface area (Å²) in [7, 11) is 0. The summed E-state index contributed by atoms with van der Waals surface area (Å²) in [4.78, 5) is 0. The molecule has 0 bridgehead atoms. The molecule has 0 heterocycles. The Morgan fingerprint density at radius 1 is 1.33 bits per heavy atom. The maximum Gasteiger partial charge on any atom is 0.0929 e. The monoisotopic (exact) mass is 291 g/mol. The highest BCUT2D eigenvalue weighted by atomic mass is 35.5. The minimum atomic E-state index is -0.717. The molecule has 0 spiro atoms. The van der Waals surface area contributed by atoms with Crippen LogP contribution < -0.4 is 5.32 Å². The SMILES string of the molecule is CC(C)(CO)CNCC(O)c1cc(Cl)ccc1Cl. The average molecular weight is 292 g/mol. The first kappa shape index (κ1) is 15.7. The lowest BCUT2D eigenvalue weighted by molar-refractivity contribution is 0.138. The van der Waals surface area contributed by atoms with E-state index in [1.807, 2.05) is 13.8 Å². The van der Waals surface area contributed by atoms with Crippen LogP contribution in [-0.2, 0) is 0 Å². The molecule has 1 aromatic carbocycles. The van der Waals surface area contributed by atoms with E-state index < -0.39 is 6.10 Å². The third-order valence-electron chi connectivity index (χ3n) is 2.69. The van der Waals surface area contributed by atoms with Crippen molar-refractivity contribution in [1.29, 1.82) is 0 Å². The fourth-order valence-corrected chi connectivity index (χ4v) is 1.91. The highest BCUT2D eigenvalue weighted by molar-refractivity contribution is 6.33. The van der Waals surface area contributed by atoms with E-state index in [2.05, 4.69) is 5.32 Å². The van der Waals surface area contributed by atoms with E-state index in [1.165, 1.54) is 0 Å². The lowest BCUT2D eigenvalue weighted by Gasteiger charge is -2.23. The number of aliphatic hydroxyl groups is 2. The van der Waals surface area contributed by atoms with Gasteiger partial charge in [-0.1, -0.05) is 37.0 Å². The van der Waals surface area contributed by atoms with Crippen molar-refractivity contribution >= 4 is 23.2 Å². The van der Waals surface area contributed by atoms with Gasteiger partial charge in [-0.2, -0.15) is 0 Å². The van der Waals surface area contributed by atoms with Gasteiger partial charge in [-0.15, -0.1) is 0 Å². The van der Waals surface area contributed by atoms with Gasteiger partial charge < -0.3 is 15.5 Å². The predicted molar refractivity (Wildman–Crippen MR) is 75.2 cm³/mol. The highest BCUT2D eigenvalue weighted by Crippen LogP contribution is 2.26. The smallest absolute Gasteiger partial charge is 0.0929 e. The molecular weight excluding hydrogens is 273 g/mol. The second kappa shape index (κ2) is 6.73. The Balaban J connectivity index is 2.55. The molecule has 3 nitrogen and oxygen atoms in total. The van der Waals surface area contributed by atoms with Gasteiger partial charge in [0.2, 0.25) is 0 Å². The van der Waals surface area contributed by atoms with Crippen LogP contribution in [-0.4, -0.2) is 29.9 Å². The van der Waals surface area contributed by atoms with Crippen molar-refractivity contribution in [3.05, 3.63) is 33.8 Å². The normalized spacial score (nSPS) is 13.7. The maximum atomic E-state index is 10.0. The predicted octanol–water partition coefficient (Wildman–Crippen LogP) is 2.63. The Bertz CT molecular complexity index is 397. The van der Waals surface area contributed by atoms with Crippen molar-refractivity contribution in [2.75, 3.05) is 19.7 Å². The van der Waals surface area contributed by atoms with E-state index in [0.29, 0.717) is 28.7 Å². The first-order chi connectivity index (χ1) is 8.35. The Morgan fingerprint density at radius 3 is 2.61 bits per heavy atom. The van der Waals surface area contributed by atoms with Crippen LogP contribution in [0.5, 0.6) is 0 Å².